The Labute approximate surface area is 101 Å². The zero-order valence-electron chi connectivity index (χ0n) is 9.23. The molecule has 2 rings (SSSR count). The molecule has 80 valence electrons. The molecule has 0 radical (unpaired) electrons. The third kappa shape index (κ3) is 9.23. The van der Waals surface area contributed by atoms with Crippen LogP contribution < -0.4 is 0 Å². The van der Waals surface area contributed by atoms with Crippen LogP contribution in [0.15, 0.2) is 66.7 Å². The third-order valence-corrected chi connectivity index (χ3v) is 1.61. The van der Waals surface area contributed by atoms with Gasteiger partial charge < -0.3 is 0 Å². The second-order valence-electron chi connectivity index (χ2n) is 2.81. The number of benzene rings is 2. The van der Waals surface area contributed by atoms with Gasteiger partial charge in [-0.05, 0) is 12.8 Å². The summed E-state index contributed by atoms with van der Waals surface area (Å²) in [6.45, 7) is 2.08. The SMILES string of the molecule is CBr.Cc1ccccc1.c1ccccc1. The van der Waals surface area contributed by atoms with Crippen molar-refractivity contribution in [2.45, 2.75) is 6.92 Å². The van der Waals surface area contributed by atoms with Crippen LogP contribution in [0, 0.1) is 6.92 Å². The van der Waals surface area contributed by atoms with Crippen molar-refractivity contribution in [1.29, 1.82) is 0 Å². The summed E-state index contributed by atoms with van der Waals surface area (Å²) in [5, 5.41) is 0. The smallest absolute Gasteiger partial charge is 0.00848 e. The van der Waals surface area contributed by atoms with Crippen molar-refractivity contribution >= 4 is 15.9 Å². The van der Waals surface area contributed by atoms with Crippen LogP contribution in [-0.2, 0) is 0 Å². The molecule has 0 bridgehead atoms. The topological polar surface area (TPSA) is 0 Å². The highest BCUT2D eigenvalue weighted by Crippen LogP contribution is 1.92. The first-order valence-electron chi connectivity index (χ1n) is 4.79. The van der Waals surface area contributed by atoms with Crippen molar-refractivity contribution in [3.05, 3.63) is 72.3 Å². The summed E-state index contributed by atoms with van der Waals surface area (Å²) in [6, 6.07) is 22.3. The predicted octanol–water partition coefficient (Wildman–Crippen LogP) is 4.69. The minimum Gasteiger partial charge on any atom is -0.0966 e. The number of halogens is 1. The molecule has 0 unspecified atom stereocenters. The Hall–Kier alpha value is -1.08. The van der Waals surface area contributed by atoms with Crippen LogP contribution in [0.4, 0.5) is 0 Å². The van der Waals surface area contributed by atoms with E-state index in [0.29, 0.717) is 0 Å². The highest BCUT2D eigenvalue weighted by molar-refractivity contribution is 9.08. The highest BCUT2D eigenvalue weighted by atomic mass is 79.9. The van der Waals surface area contributed by atoms with Crippen LogP contribution >= 0.6 is 15.9 Å². The Morgan fingerprint density at radius 3 is 1.07 bits per heavy atom. The van der Waals surface area contributed by atoms with Crippen LogP contribution in [0.2, 0.25) is 0 Å². The van der Waals surface area contributed by atoms with Crippen molar-refractivity contribution in [2.75, 3.05) is 5.83 Å². The number of hydrogen-bond acceptors (Lipinski definition) is 0. The average molecular weight is 265 g/mol. The van der Waals surface area contributed by atoms with E-state index in [1.165, 1.54) is 5.56 Å². The molecule has 0 saturated carbocycles. The molecule has 2 aromatic rings. The number of alkyl halides is 1. The van der Waals surface area contributed by atoms with E-state index >= 15 is 0 Å². The van der Waals surface area contributed by atoms with Crippen LogP contribution in [0.25, 0.3) is 0 Å². The zero-order chi connectivity index (χ0) is 11.4. The molecule has 0 nitrogen and oxygen atoms in total. The van der Waals surface area contributed by atoms with Crippen LogP contribution in [0.1, 0.15) is 5.56 Å². The van der Waals surface area contributed by atoms with Gasteiger partial charge >= 0.3 is 0 Å². The summed E-state index contributed by atoms with van der Waals surface area (Å²) in [7, 11) is 0. The Bertz CT molecular complexity index is 276. The van der Waals surface area contributed by atoms with Crippen LogP contribution in [0.3, 0.4) is 0 Å². The summed E-state index contributed by atoms with van der Waals surface area (Å²) in [6.07, 6.45) is 0. The number of aryl methyl sites for hydroxylation is 1. The van der Waals surface area contributed by atoms with Gasteiger partial charge in [0.2, 0.25) is 0 Å². The van der Waals surface area contributed by atoms with E-state index in [1.54, 1.807) is 0 Å². The summed E-state index contributed by atoms with van der Waals surface area (Å²) in [5.41, 5.74) is 1.32. The molecule has 1 heteroatoms. The molecule has 0 aliphatic rings. The van der Waals surface area contributed by atoms with Gasteiger partial charge in [0.05, 0.1) is 0 Å². The van der Waals surface area contributed by atoms with E-state index in [4.69, 9.17) is 0 Å². The van der Waals surface area contributed by atoms with E-state index in [9.17, 15) is 0 Å². The van der Waals surface area contributed by atoms with E-state index < -0.39 is 0 Å². The lowest BCUT2D eigenvalue weighted by Crippen LogP contribution is -1.62. The molecule has 0 aliphatic carbocycles. The van der Waals surface area contributed by atoms with Crippen LogP contribution in [-0.4, -0.2) is 5.83 Å². The van der Waals surface area contributed by atoms with Gasteiger partial charge in [0.25, 0.3) is 0 Å². The Morgan fingerprint density at radius 2 is 0.867 bits per heavy atom. The molecular weight excluding hydrogens is 248 g/mol. The molecule has 0 saturated heterocycles. The molecule has 0 fully saturated rings. The van der Waals surface area contributed by atoms with Crippen molar-refractivity contribution in [2.24, 2.45) is 0 Å². The van der Waals surface area contributed by atoms with Gasteiger partial charge in [0, 0.05) is 0 Å². The first kappa shape index (κ1) is 13.9. The fourth-order valence-corrected chi connectivity index (χ4v) is 0.919. The second kappa shape index (κ2) is 11.0. The predicted molar refractivity (Wildman–Crippen MR) is 72.5 cm³/mol. The molecule has 0 aromatic heterocycles. The first-order valence-corrected chi connectivity index (χ1v) is 6.37. The molecule has 15 heavy (non-hydrogen) atoms. The maximum atomic E-state index is 2.94. The summed E-state index contributed by atoms with van der Waals surface area (Å²) in [4.78, 5) is 0. The lowest BCUT2D eigenvalue weighted by molar-refractivity contribution is 1.48. The van der Waals surface area contributed by atoms with E-state index in [-0.39, 0.29) is 0 Å². The monoisotopic (exact) mass is 264 g/mol. The highest BCUT2D eigenvalue weighted by Gasteiger charge is 1.72. The first-order chi connectivity index (χ1) is 7.39. The van der Waals surface area contributed by atoms with Crippen LogP contribution in [0.5, 0.6) is 0 Å². The van der Waals surface area contributed by atoms with Crippen molar-refractivity contribution in [3.63, 3.8) is 0 Å². The summed E-state index contributed by atoms with van der Waals surface area (Å²) in [5.74, 6) is 1.81. The van der Waals surface area contributed by atoms with Gasteiger partial charge in [0.15, 0.2) is 0 Å². The lowest BCUT2D eigenvalue weighted by Gasteiger charge is -1.82. The Morgan fingerprint density at radius 1 is 0.600 bits per heavy atom. The lowest BCUT2D eigenvalue weighted by atomic mass is 10.2. The number of rotatable bonds is 0. The molecule has 2 aromatic carbocycles. The fourth-order valence-electron chi connectivity index (χ4n) is 0.919. The zero-order valence-corrected chi connectivity index (χ0v) is 10.8. The quantitative estimate of drug-likeness (QED) is 0.606. The Balaban J connectivity index is 0.000000227. The minimum atomic E-state index is 1.32. The van der Waals surface area contributed by atoms with Gasteiger partial charge in [-0.1, -0.05) is 88.2 Å². The molecule has 0 N–H and O–H groups in total. The van der Waals surface area contributed by atoms with Gasteiger partial charge in [-0.25, -0.2) is 0 Å². The summed E-state index contributed by atoms with van der Waals surface area (Å²) >= 11 is 2.94. The number of hydrogen-bond donors (Lipinski definition) is 0. The molecule has 0 amide bonds. The van der Waals surface area contributed by atoms with Gasteiger partial charge in [-0.15, -0.1) is 0 Å². The normalized spacial score (nSPS) is 7.67. The van der Waals surface area contributed by atoms with E-state index in [1.807, 2.05) is 60.4 Å². The molecule has 0 atom stereocenters. The fraction of sp³-hybridized carbons (Fsp3) is 0.143. The van der Waals surface area contributed by atoms with Gasteiger partial charge in [-0.3, -0.25) is 0 Å². The largest absolute Gasteiger partial charge is 0.0966 e. The molecule has 0 aliphatic heterocycles. The average Bonchev–Trinajstić information content (AvgIpc) is 2.36. The van der Waals surface area contributed by atoms with Crippen molar-refractivity contribution in [1.82, 2.24) is 0 Å². The van der Waals surface area contributed by atoms with Crippen molar-refractivity contribution < 1.29 is 0 Å². The Kier molecular flexibility index (Phi) is 10.2. The molecule has 0 spiro atoms. The summed E-state index contributed by atoms with van der Waals surface area (Å²) < 4.78 is 0. The van der Waals surface area contributed by atoms with Crippen molar-refractivity contribution in [3.8, 4) is 0 Å². The van der Waals surface area contributed by atoms with E-state index in [0.717, 1.165) is 0 Å². The van der Waals surface area contributed by atoms with E-state index in [2.05, 4.69) is 35.0 Å². The second-order valence-corrected chi connectivity index (χ2v) is 2.81. The molecule has 0 heterocycles. The maximum Gasteiger partial charge on any atom is -0.00848 e. The molecular formula is C14H17Br. The third-order valence-electron chi connectivity index (χ3n) is 1.61. The van der Waals surface area contributed by atoms with Gasteiger partial charge in [0.1, 0.15) is 0 Å². The maximum absolute atomic E-state index is 2.94. The minimum absolute atomic E-state index is 1.32. The standard InChI is InChI=1S/C7H8.C6H6.CH3Br/c1-7-5-3-2-4-6-7;1-2-4-6-5-3-1;1-2/h2-6H,1H3;1-6H;1H3. The van der Waals surface area contributed by atoms with Gasteiger partial charge in [-0.2, -0.15) is 0 Å².